The largest absolute Gasteiger partial charge is 0.285 e. The van der Waals surface area contributed by atoms with E-state index >= 15 is 0 Å². The molecule has 0 bridgehead atoms. The zero-order valence-electron chi connectivity index (χ0n) is 15.6. The number of H-pyrrole nitrogens is 1. The molecule has 0 spiro atoms. The van der Waals surface area contributed by atoms with E-state index in [0.29, 0.717) is 16.7 Å². The van der Waals surface area contributed by atoms with Crippen LogP contribution in [0.4, 0.5) is 0 Å². The number of aromatic amines is 1. The fourth-order valence-corrected chi connectivity index (χ4v) is 8.11. The Morgan fingerprint density at radius 2 is 1.88 bits per heavy atom. The van der Waals surface area contributed by atoms with E-state index in [1.807, 2.05) is 6.20 Å². The maximum atomic E-state index is 4.55. The number of nitrogens with zero attached hydrogens (tertiary/aromatic N) is 1. The Morgan fingerprint density at radius 1 is 1.00 bits per heavy atom. The number of rotatable bonds is 1. The molecule has 24 heavy (non-hydrogen) atoms. The zero-order valence-corrected chi connectivity index (χ0v) is 15.6. The Labute approximate surface area is 147 Å². The molecule has 2 nitrogen and oxygen atoms in total. The SMILES string of the molecule is C[C@@]12CCC[C@H]1[C@@H]1CCC3CCC(c4cc[nH]n4)C[C@]3(C)[C@H]1CC2. The highest BCUT2D eigenvalue weighted by Gasteiger charge is 2.58. The van der Waals surface area contributed by atoms with Crippen LogP contribution in [0.2, 0.25) is 0 Å². The summed E-state index contributed by atoms with van der Waals surface area (Å²) in [6.07, 6.45) is 16.8. The molecular weight excluding hydrogens is 292 g/mol. The fraction of sp³-hybridized carbons (Fsp3) is 0.864. The molecule has 0 saturated heterocycles. The number of hydrogen-bond donors (Lipinski definition) is 1. The van der Waals surface area contributed by atoms with Crippen molar-refractivity contribution in [2.45, 2.75) is 84.0 Å². The molecule has 132 valence electrons. The summed E-state index contributed by atoms with van der Waals surface area (Å²) in [5.74, 6) is 4.76. The van der Waals surface area contributed by atoms with E-state index < -0.39 is 0 Å². The molecule has 1 N–H and O–H groups in total. The first-order chi connectivity index (χ1) is 11.6. The molecule has 4 fully saturated rings. The molecule has 0 aromatic carbocycles. The van der Waals surface area contributed by atoms with Crippen LogP contribution in [-0.2, 0) is 0 Å². The summed E-state index contributed by atoms with van der Waals surface area (Å²) >= 11 is 0. The van der Waals surface area contributed by atoms with Crippen molar-refractivity contribution in [2.24, 2.45) is 34.5 Å². The topological polar surface area (TPSA) is 28.7 Å². The van der Waals surface area contributed by atoms with E-state index in [-0.39, 0.29) is 0 Å². The summed E-state index contributed by atoms with van der Waals surface area (Å²) in [5.41, 5.74) is 2.60. The van der Waals surface area contributed by atoms with E-state index in [1.165, 1.54) is 69.9 Å². The molecule has 5 rings (SSSR count). The van der Waals surface area contributed by atoms with Gasteiger partial charge < -0.3 is 0 Å². The summed E-state index contributed by atoms with van der Waals surface area (Å²) in [6.45, 7) is 5.31. The van der Waals surface area contributed by atoms with Gasteiger partial charge in [-0.15, -0.1) is 0 Å². The van der Waals surface area contributed by atoms with Gasteiger partial charge in [-0.1, -0.05) is 20.3 Å². The number of aromatic nitrogens is 2. The third kappa shape index (κ3) is 2.10. The highest BCUT2D eigenvalue weighted by atomic mass is 15.1. The standard InChI is InChI=1S/C22H34N2/c1-21-11-3-4-18(21)17-8-7-16-6-5-15(20-10-13-23-24-20)14-22(16,2)19(17)9-12-21/h10,13,15-19H,3-9,11-12,14H2,1-2H3,(H,23,24)/t15?,16?,17-,18-,19-,21-,22-/m0/s1. The van der Waals surface area contributed by atoms with Gasteiger partial charge in [-0.05, 0) is 98.4 Å². The van der Waals surface area contributed by atoms with Crippen molar-refractivity contribution >= 4 is 0 Å². The molecule has 4 saturated carbocycles. The maximum absolute atomic E-state index is 4.55. The fourth-order valence-electron chi connectivity index (χ4n) is 8.11. The quantitative estimate of drug-likeness (QED) is 0.681. The second-order valence-corrected chi connectivity index (χ2v) is 10.2. The summed E-state index contributed by atoms with van der Waals surface area (Å²) in [4.78, 5) is 0. The molecule has 1 aromatic rings. The van der Waals surface area contributed by atoms with Crippen LogP contribution in [0.15, 0.2) is 12.3 Å². The van der Waals surface area contributed by atoms with Gasteiger partial charge >= 0.3 is 0 Å². The molecule has 2 unspecified atom stereocenters. The van der Waals surface area contributed by atoms with E-state index in [0.717, 1.165) is 23.7 Å². The van der Waals surface area contributed by atoms with Crippen LogP contribution >= 0.6 is 0 Å². The van der Waals surface area contributed by atoms with Gasteiger partial charge in [0.2, 0.25) is 0 Å². The smallest absolute Gasteiger partial charge is 0.0653 e. The van der Waals surface area contributed by atoms with Crippen LogP contribution < -0.4 is 0 Å². The number of nitrogens with one attached hydrogen (secondary N) is 1. The Hall–Kier alpha value is -0.790. The zero-order chi connectivity index (χ0) is 16.4. The highest BCUT2D eigenvalue weighted by Crippen LogP contribution is 2.67. The van der Waals surface area contributed by atoms with Crippen LogP contribution in [0.3, 0.4) is 0 Å². The Bertz CT molecular complexity index is 593. The molecule has 1 heterocycles. The molecule has 0 aliphatic heterocycles. The summed E-state index contributed by atoms with van der Waals surface area (Å²) in [5, 5.41) is 7.61. The second kappa shape index (κ2) is 5.35. The lowest BCUT2D eigenvalue weighted by atomic mass is 9.44. The van der Waals surface area contributed by atoms with Crippen LogP contribution in [0.5, 0.6) is 0 Å². The lowest BCUT2D eigenvalue weighted by molar-refractivity contribution is -0.107. The van der Waals surface area contributed by atoms with Gasteiger partial charge in [-0.2, -0.15) is 5.10 Å². The molecule has 0 amide bonds. The van der Waals surface area contributed by atoms with Gasteiger partial charge in [0, 0.05) is 12.1 Å². The Kier molecular flexibility index (Phi) is 3.45. The van der Waals surface area contributed by atoms with Crippen molar-refractivity contribution < 1.29 is 0 Å². The molecule has 4 aliphatic carbocycles. The molecule has 2 heteroatoms. The maximum Gasteiger partial charge on any atom is 0.0653 e. The predicted octanol–water partition coefficient (Wildman–Crippen LogP) is 5.93. The van der Waals surface area contributed by atoms with Gasteiger partial charge in [0.1, 0.15) is 0 Å². The van der Waals surface area contributed by atoms with Gasteiger partial charge in [0.15, 0.2) is 0 Å². The molecule has 1 aromatic heterocycles. The lowest BCUT2D eigenvalue weighted by Gasteiger charge is -2.60. The van der Waals surface area contributed by atoms with Gasteiger partial charge in [-0.25, -0.2) is 0 Å². The average molecular weight is 327 g/mol. The normalized spacial score (nSPS) is 50.8. The van der Waals surface area contributed by atoms with E-state index in [9.17, 15) is 0 Å². The van der Waals surface area contributed by atoms with Crippen LogP contribution in [-0.4, -0.2) is 10.2 Å². The molecular formula is C22H34N2. The monoisotopic (exact) mass is 326 g/mol. The van der Waals surface area contributed by atoms with Crippen molar-refractivity contribution in [3.8, 4) is 0 Å². The van der Waals surface area contributed by atoms with Crippen molar-refractivity contribution in [1.29, 1.82) is 0 Å². The average Bonchev–Trinajstić information content (AvgIpc) is 3.22. The summed E-state index contributed by atoms with van der Waals surface area (Å²) in [7, 11) is 0. The van der Waals surface area contributed by atoms with Crippen LogP contribution in [0.1, 0.15) is 89.7 Å². The highest BCUT2D eigenvalue weighted by molar-refractivity contribution is 5.13. The molecule has 7 atom stereocenters. The van der Waals surface area contributed by atoms with Gasteiger partial charge in [-0.3, -0.25) is 5.10 Å². The van der Waals surface area contributed by atoms with Gasteiger partial charge in [0.05, 0.1) is 5.69 Å². The number of fused-ring (bicyclic) bond motifs is 5. The Balaban J connectivity index is 1.44. The van der Waals surface area contributed by atoms with Crippen LogP contribution in [0, 0.1) is 34.5 Å². The van der Waals surface area contributed by atoms with E-state index in [2.05, 4.69) is 30.1 Å². The summed E-state index contributed by atoms with van der Waals surface area (Å²) < 4.78 is 0. The predicted molar refractivity (Wildman–Crippen MR) is 97.7 cm³/mol. The van der Waals surface area contributed by atoms with Crippen molar-refractivity contribution in [1.82, 2.24) is 10.2 Å². The van der Waals surface area contributed by atoms with Crippen molar-refractivity contribution in [3.05, 3.63) is 18.0 Å². The Morgan fingerprint density at radius 3 is 2.71 bits per heavy atom. The number of hydrogen-bond acceptors (Lipinski definition) is 1. The second-order valence-electron chi connectivity index (χ2n) is 10.2. The molecule has 0 radical (unpaired) electrons. The van der Waals surface area contributed by atoms with E-state index in [4.69, 9.17) is 0 Å². The van der Waals surface area contributed by atoms with Crippen molar-refractivity contribution in [3.63, 3.8) is 0 Å². The first-order valence-corrected chi connectivity index (χ1v) is 10.6. The molecule has 4 aliphatic rings. The minimum atomic E-state index is 0.578. The van der Waals surface area contributed by atoms with Crippen molar-refractivity contribution in [2.75, 3.05) is 0 Å². The summed E-state index contributed by atoms with van der Waals surface area (Å²) in [6, 6.07) is 2.23. The third-order valence-electron chi connectivity index (χ3n) is 9.34. The van der Waals surface area contributed by atoms with E-state index in [1.54, 1.807) is 0 Å². The first-order valence-electron chi connectivity index (χ1n) is 10.6. The van der Waals surface area contributed by atoms with Gasteiger partial charge in [0.25, 0.3) is 0 Å². The van der Waals surface area contributed by atoms with Crippen LogP contribution in [0.25, 0.3) is 0 Å². The minimum Gasteiger partial charge on any atom is -0.285 e. The minimum absolute atomic E-state index is 0.578. The third-order valence-corrected chi connectivity index (χ3v) is 9.34. The lowest BCUT2D eigenvalue weighted by Crippen LogP contribution is -2.52. The first kappa shape index (κ1) is 15.5.